The molecule has 3 saturated carbocycles. The molecule has 2 saturated heterocycles. The molecule has 7 heteroatoms. The highest BCUT2D eigenvalue weighted by Crippen LogP contribution is 2.56. The van der Waals surface area contributed by atoms with Crippen molar-refractivity contribution in [2.24, 2.45) is 35.5 Å². The number of piperazine rings is 1. The quantitative estimate of drug-likeness (QED) is 0.575. The van der Waals surface area contributed by atoms with Gasteiger partial charge < -0.3 is 4.90 Å². The fourth-order valence-corrected chi connectivity index (χ4v) is 8.15. The molecule has 7 rings (SSSR count). The maximum atomic E-state index is 13.4. The summed E-state index contributed by atoms with van der Waals surface area (Å²) in [6, 6.07) is 6.86. The third-order valence-electron chi connectivity index (χ3n) is 9.08. The zero-order chi connectivity index (χ0) is 30.7. The average molecular weight is 501 g/mol. The van der Waals surface area contributed by atoms with E-state index in [1.807, 2.05) is 0 Å². The Labute approximate surface area is 223 Å². The molecule has 3 aliphatic carbocycles. The van der Waals surface area contributed by atoms with Gasteiger partial charge in [-0.1, -0.05) is 25.0 Å². The van der Waals surface area contributed by atoms with Gasteiger partial charge in [-0.3, -0.25) is 19.4 Å². The minimum absolute atomic E-state index is 0.103. The van der Waals surface area contributed by atoms with Gasteiger partial charge in [-0.05, 0) is 79.4 Å². The molecule has 6 nitrogen and oxygen atoms in total. The maximum absolute atomic E-state index is 13.4. The van der Waals surface area contributed by atoms with Crippen molar-refractivity contribution in [3.63, 3.8) is 0 Å². The monoisotopic (exact) mass is 500 g/mol. The smallest absolute Gasteiger partial charge is 0.233 e. The van der Waals surface area contributed by atoms with Crippen LogP contribution in [0.25, 0.3) is 10.1 Å². The maximum Gasteiger partial charge on any atom is 0.233 e. The zero-order valence-corrected chi connectivity index (χ0v) is 20.5. The normalized spacial score (nSPS) is 44.6. The molecule has 2 aliphatic heterocycles. The topological polar surface area (TPSA) is 56.8 Å². The lowest BCUT2D eigenvalue weighted by Gasteiger charge is -2.40. The summed E-state index contributed by atoms with van der Waals surface area (Å²) >= 11 is 1.02. The van der Waals surface area contributed by atoms with Gasteiger partial charge in [-0.2, -0.15) is 4.37 Å². The number of carbonyl (C=O) groups excluding carboxylic acids is 2. The molecule has 1 aromatic heterocycles. The first-order valence-electron chi connectivity index (χ1n) is 17.0. The number of amides is 2. The second-order valence-electron chi connectivity index (χ2n) is 10.9. The average Bonchev–Trinajstić information content (AvgIpc) is 3.72. The lowest BCUT2D eigenvalue weighted by atomic mass is 9.78. The number of fused-ring (bicyclic) bond motifs is 6. The Kier molecular flexibility index (Phi) is 3.87. The van der Waals surface area contributed by atoms with Crippen molar-refractivity contribution in [2.45, 2.75) is 44.9 Å². The Morgan fingerprint density at radius 3 is 2.26 bits per heavy atom. The lowest BCUT2D eigenvalue weighted by molar-refractivity contribution is -0.142. The second kappa shape index (κ2) is 8.84. The van der Waals surface area contributed by atoms with Crippen molar-refractivity contribution in [3.05, 3.63) is 24.3 Å². The van der Waals surface area contributed by atoms with Crippen molar-refractivity contribution in [1.29, 1.82) is 0 Å². The summed E-state index contributed by atoms with van der Waals surface area (Å²) in [5, 5.41) is 0.422. The van der Waals surface area contributed by atoms with Crippen LogP contribution in [0.4, 0.5) is 5.82 Å². The van der Waals surface area contributed by atoms with Crippen LogP contribution in [0.3, 0.4) is 0 Å². The summed E-state index contributed by atoms with van der Waals surface area (Å²) < 4.78 is 76.7. The Balaban J connectivity index is 1.18. The van der Waals surface area contributed by atoms with Crippen LogP contribution in [0.5, 0.6) is 0 Å². The first-order chi connectivity index (χ1) is 20.2. The first kappa shape index (κ1) is 15.3. The van der Waals surface area contributed by atoms with Crippen molar-refractivity contribution in [3.8, 4) is 0 Å². The van der Waals surface area contributed by atoms with Gasteiger partial charge in [0.2, 0.25) is 11.8 Å². The second-order valence-corrected chi connectivity index (χ2v) is 11.7. The van der Waals surface area contributed by atoms with E-state index in [-0.39, 0.29) is 66.2 Å². The van der Waals surface area contributed by atoms with Crippen molar-refractivity contribution >= 4 is 39.3 Å². The zero-order valence-electron chi connectivity index (χ0n) is 27.7. The number of aromatic nitrogens is 1. The van der Waals surface area contributed by atoms with E-state index in [9.17, 15) is 9.59 Å². The number of rotatable bonds is 5. The summed E-state index contributed by atoms with van der Waals surface area (Å²) in [7, 11) is 0. The summed E-state index contributed by atoms with van der Waals surface area (Å²) in [5.74, 6) is -0.817. The van der Waals surface area contributed by atoms with Gasteiger partial charge in [0.1, 0.15) is 5.82 Å². The summed E-state index contributed by atoms with van der Waals surface area (Å²) in [5.41, 5.74) is 0. The van der Waals surface area contributed by atoms with E-state index in [0.717, 1.165) is 48.5 Å². The first-order valence-corrected chi connectivity index (χ1v) is 13.7. The van der Waals surface area contributed by atoms with Gasteiger partial charge in [0, 0.05) is 49.9 Å². The molecule has 5 aliphatic rings. The highest BCUT2D eigenvalue weighted by molar-refractivity contribution is 7.13. The van der Waals surface area contributed by atoms with Crippen LogP contribution >= 0.6 is 11.5 Å². The van der Waals surface area contributed by atoms with Crippen LogP contribution in [-0.4, -0.2) is 65.1 Å². The predicted octanol–water partition coefficient (Wildman–Crippen LogP) is 4.26. The minimum Gasteiger partial charge on any atom is -0.353 e. The predicted molar refractivity (Wildman–Crippen MR) is 138 cm³/mol. The number of hydrogen-bond donors (Lipinski definition) is 0. The van der Waals surface area contributed by atoms with Crippen LogP contribution in [0.15, 0.2) is 24.3 Å². The molecule has 2 amide bonds. The minimum atomic E-state index is -3.00. The number of benzene rings is 1. The molecule has 1 aromatic carbocycles. The van der Waals surface area contributed by atoms with E-state index in [2.05, 4.69) is 4.37 Å². The fourth-order valence-electron chi connectivity index (χ4n) is 7.39. The van der Waals surface area contributed by atoms with Gasteiger partial charge in [-0.15, -0.1) is 0 Å². The van der Waals surface area contributed by atoms with E-state index in [0.29, 0.717) is 27.8 Å². The van der Waals surface area contributed by atoms with Crippen LogP contribution in [0.2, 0.25) is 0 Å². The molecular weight excluding hydrogens is 456 g/mol. The summed E-state index contributed by atoms with van der Waals surface area (Å²) in [4.78, 5) is 29.6. The number of carbonyl (C=O) groups is 2. The van der Waals surface area contributed by atoms with E-state index in [1.54, 1.807) is 24.3 Å². The van der Waals surface area contributed by atoms with E-state index in [1.165, 1.54) is 4.90 Å². The molecule has 3 heterocycles. The Hall–Kier alpha value is -1.99. The molecule has 6 atom stereocenters. The molecule has 0 N–H and O–H groups in total. The van der Waals surface area contributed by atoms with Crippen molar-refractivity contribution < 1.29 is 20.6 Å². The Bertz CT molecular complexity index is 1410. The fraction of sp³-hybridized carbons (Fsp3) is 0.679. The van der Waals surface area contributed by atoms with Gasteiger partial charge in [0.05, 0.1) is 22.0 Å². The van der Waals surface area contributed by atoms with Gasteiger partial charge in [0.25, 0.3) is 0 Å². The largest absolute Gasteiger partial charge is 0.353 e. The number of nitrogens with zero attached hydrogens (tertiary/aromatic N) is 4. The van der Waals surface area contributed by atoms with Crippen molar-refractivity contribution in [2.75, 3.05) is 44.0 Å². The molecule has 3 unspecified atom stereocenters. The van der Waals surface area contributed by atoms with Crippen LogP contribution in [-0.2, 0) is 9.59 Å². The molecule has 0 spiro atoms. The number of likely N-dealkylation sites (tertiary alicyclic amines) is 1. The van der Waals surface area contributed by atoms with Gasteiger partial charge >= 0.3 is 0 Å². The van der Waals surface area contributed by atoms with E-state index in [4.69, 9.17) is 11.0 Å². The van der Waals surface area contributed by atoms with Crippen molar-refractivity contribution in [1.82, 2.24) is 14.2 Å². The summed E-state index contributed by atoms with van der Waals surface area (Å²) in [6.45, 7) is -12.0. The van der Waals surface area contributed by atoms with E-state index >= 15 is 0 Å². The highest BCUT2D eigenvalue weighted by Gasteiger charge is 2.61. The van der Waals surface area contributed by atoms with E-state index < -0.39 is 26.0 Å². The third-order valence-corrected chi connectivity index (χ3v) is 9.90. The Morgan fingerprint density at radius 1 is 0.886 bits per heavy atom. The highest BCUT2D eigenvalue weighted by atomic mass is 32.1. The number of imide groups is 1. The molecule has 2 bridgehead atoms. The molecule has 0 radical (unpaired) electrons. The molecule has 35 heavy (non-hydrogen) atoms. The molecule has 2 aromatic rings. The number of hydrogen-bond acceptors (Lipinski definition) is 6. The standard InChI is InChI=1S/C28H36N4O2S/c33-27-24-18-9-10-19(15-18)25(24)28(34)32(27)17-21-6-2-1-5-20(21)16-30-11-13-31(14-12-30)26-22-7-3-4-8-23(22)35-29-26/h3-4,7-8,18-21,24-25H,1-2,5-6,9-17H2/t18-,19+,20?,21-,24?,25?/m1/s1/i11D2,12D2,13D2,14D2. The van der Waals surface area contributed by atoms with Crippen LogP contribution in [0.1, 0.15) is 55.9 Å². The van der Waals surface area contributed by atoms with Crippen LogP contribution in [0, 0.1) is 35.5 Å². The SMILES string of the molecule is [2H]C1([2H])N(CC2CCCC[C@@H]2CN2C(=O)C3C(C2=O)[C@H]2CC[C@@H]3C2)C([2H])([2H])C([2H])([2H])N(c2nsc3ccccc23)C1([2H])[2H]. The summed E-state index contributed by atoms with van der Waals surface area (Å²) in [6.07, 6.45) is 5.86. The van der Waals surface area contributed by atoms with Gasteiger partial charge in [0.15, 0.2) is 0 Å². The molecule has 5 fully saturated rings. The third kappa shape index (κ3) is 3.72. The number of anilines is 1. The molecule has 186 valence electrons. The molecular formula is C28H36N4O2S. The Morgan fingerprint density at radius 2 is 1.54 bits per heavy atom. The van der Waals surface area contributed by atoms with Gasteiger partial charge in [-0.25, -0.2) is 0 Å². The van der Waals surface area contributed by atoms with Crippen LogP contribution < -0.4 is 4.90 Å². The lowest BCUT2D eigenvalue weighted by Crippen LogP contribution is -2.49.